The van der Waals surface area contributed by atoms with Crippen molar-refractivity contribution in [2.24, 2.45) is 0 Å². The van der Waals surface area contributed by atoms with Crippen molar-refractivity contribution in [3.05, 3.63) is 58.7 Å². The molecule has 25 heavy (non-hydrogen) atoms. The van der Waals surface area contributed by atoms with Gasteiger partial charge in [-0.3, -0.25) is 0 Å². The Morgan fingerprint density at radius 2 is 1.56 bits per heavy atom. The summed E-state index contributed by atoms with van der Waals surface area (Å²) < 4.78 is 55.7. The zero-order valence-corrected chi connectivity index (χ0v) is 15.4. The Labute approximate surface area is 147 Å². The van der Waals surface area contributed by atoms with Crippen molar-refractivity contribution < 1.29 is 21.9 Å². The van der Waals surface area contributed by atoms with Gasteiger partial charge < -0.3 is 4.74 Å². The number of alkyl halides is 2. The molecule has 2 aromatic carbocycles. The molecule has 0 bridgehead atoms. The fraction of sp³-hybridized carbons (Fsp3) is 0.333. The van der Waals surface area contributed by atoms with Crippen LogP contribution in [0.1, 0.15) is 22.3 Å². The van der Waals surface area contributed by atoms with Crippen LogP contribution in [0.15, 0.2) is 41.3 Å². The molecule has 0 heterocycles. The SMILES string of the molecule is Cc1cc(C)c(S(=O)(=O)N(C)Cc2ccc(OC(F)F)cc2)c(C)c1. The van der Waals surface area contributed by atoms with Crippen molar-refractivity contribution in [3.8, 4) is 5.75 Å². The molecule has 0 aliphatic rings. The lowest BCUT2D eigenvalue weighted by Gasteiger charge is -2.20. The number of rotatable bonds is 6. The molecule has 0 saturated carbocycles. The second-order valence-electron chi connectivity index (χ2n) is 6.01. The molecule has 0 amide bonds. The van der Waals surface area contributed by atoms with E-state index in [4.69, 9.17) is 0 Å². The van der Waals surface area contributed by atoms with Crippen LogP contribution in [0.25, 0.3) is 0 Å². The zero-order valence-electron chi connectivity index (χ0n) is 14.6. The van der Waals surface area contributed by atoms with Crippen LogP contribution in [0.2, 0.25) is 0 Å². The van der Waals surface area contributed by atoms with Crippen LogP contribution in [-0.2, 0) is 16.6 Å². The largest absolute Gasteiger partial charge is 0.435 e. The number of nitrogens with zero attached hydrogens (tertiary/aromatic N) is 1. The first-order valence-corrected chi connectivity index (χ1v) is 9.13. The van der Waals surface area contributed by atoms with Gasteiger partial charge in [0.25, 0.3) is 0 Å². The molecule has 0 aliphatic carbocycles. The zero-order chi connectivity index (χ0) is 18.8. The number of benzene rings is 2. The van der Waals surface area contributed by atoms with Crippen molar-refractivity contribution >= 4 is 10.0 Å². The van der Waals surface area contributed by atoms with Crippen molar-refractivity contribution in [2.75, 3.05) is 7.05 Å². The molecule has 136 valence electrons. The lowest BCUT2D eigenvalue weighted by molar-refractivity contribution is -0.0498. The molecule has 0 fully saturated rings. The smallest absolute Gasteiger partial charge is 0.387 e. The molecule has 2 rings (SSSR count). The third-order valence-corrected chi connectivity index (χ3v) is 5.94. The molecule has 0 radical (unpaired) electrons. The molecule has 4 nitrogen and oxygen atoms in total. The first-order valence-electron chi connectivity index (χ1n) is 7.69. The lowest BCUT2D eigenvalue weighted by atomic mass is 10.1. The van der Waals surface area contributed by atoms with Gasteiger partial charge in [0.05, 0.1) is 4.90 Å². The van der Waals surface area contributed by atoms with Crippen LogP contribution in [0.4, 0.5) is 8.78 Å². The lowest BCUT2D eigenvalue weighted by Crippen LogP contribution is -2.27. The van der Waals surface area contributed by atoms with Gasteiger partial charge in [0.1, 0.15) is 5.75 Å². The second-order valence-corrected chi connectivity index (χ2v) is 7.99. The number of sulfonamides is 1. The highest BCUT2D eigenvalue weighted by atomic mass is 32.2. The Kier molecular flexibility index (Phi) is 5.80. The van der Waals surface area contributed by atoms with Crippen LogP contribution in [-0.4, -0.2) is 26.4 Å². The van der Waals surface area contributed by atoms with Gasteiger partial charge in [0.15, 0.2) is 0 Å². The van der Waals surface area contributed by atoms with E-state index in [1.165, 1.54) is 23.5 Å². The summed E-state index contributed by atoms with van der Waals surface area (Å²) in [6.45, 7) is 2.71. The van der Waals surface area contributed by atoms with Crippen LogP contribution in [0.3, 0.4) is 0 Å². The maximum Gasteiger partial charge on any atom is 0.387 e. The minimum Gasteiger partial charge on any atom is -0.435 e. The maximum absolute atomic E-state index is 12.9. The molecule has 0 aliphatic heterocycles. The summed E-state index contributed by atoms with van der Waals surface area (Å²) >= 11 is 0. The monoisotopic (exact) mass is 369 g/mol. The van der Waals surface area contributed by atoms with Crippen molar-refractivity contribution in [2.45, 2.75) is 38.8 Å². The standard InChI is InChI=1S/C18H21F2NO3S/c1-12-9-13(2)17(14(3)10-12)25(22,23)21(4)11-15-5-7-16(8-6-15)24-18(19)20/h5-10,18H,11H2,1-4H3. The third kappa shape index (κ3) is 4.55. The summed E-state index contributed by atoms with van der Waals surface area (Å²) in [5, 5.41) is 0. The molecule has 0 spiro atoms. The number of hydrogen-bond acceptors (Lipinski definition) is 3. The number of ether oxygens (including phenoxy) is 1. The van der Waals surface area contributed by atoms with Crippen molar-refractivity contribution in [1.29, 1.82) is 0 Å². The van der Waals surface area contributed by atoms with E-state index in [9.17, 15) is 17.2 Å². The first kappa shape index (κ1) is 19.3. The molecule has 0 saturated heterocycles. The highest BCUT2D eigenvalue weighted by molar-refractivity contribution is 7.89. The fourth-order valence-corrected chi connectivity index (χ4v) is 4.41. The first-order chi connectivity index (χ1) is 11.6. The van der Waals surface area contributed by atoms with E-state index >= 15 is 0 Å². The quantitative estimate of drug-likeness (QED) is 0.772. The van der Waals surface area contributed by atoms with E-state index in [1.54, 1.807) is 26.0 Å². The average molecular weight is 369 g/mol. The van der Waals surface area contributed by atoms with Crippen LogP contribution in [0.5, 0.6) is 5.75 Å². The summed E-state index contributed by atoms with van der Waals surface area (Å²) in [7, 11) is -2.16. The van der Waals surface area contributed by atoms with Crippen molar-refractivity contribution in [3.63, 3.8) is 0 Å². The van der Waals surface area contributed by atoms with E-state index in [2.05, 4.69) is 4.74 Å². The van der Waals surface area contributed by atoms with Gasteiger partial charge in [0, 0.05) is 13.6 Å². The predicted octanol–water partition coefficient (Wildman–Crippen LogP) is 4.03. The van der Waals surface area contributed by atoms with Gasteiger partial charge in [-0.05, 0) is 49.6 Å². The summed E-state index contributed by atoms with van der Waals surface area (Å²) in [6.07, 6.45) is 0. The number of aryl methyl sites for hydroxylation is 3. The van der Waals surface area contributed by atoms with Gasteiger partial charge in [-0.25, -0.2) is 8.42 Å². The number of halogens is 2. The molecule has 0 N–H and O–H groups in total. The molecule has 0 unspecified atom stereocenters. The molecule has 7 heteroatoms. The van der Waals surface area contributed by atoms with Gasteiger partial charge in [-0.15, -0.1) is 0 Å². The Hall–Kier alpha value is -1.99. The molecule has 2 aromatic rings. The molecule has 0 atom stereocenters. The highest BCUT2D eigenvalue weighted by Crippen LogP contribution is 2.26. The van der Waals surface area contributed by atoms with Gasteiger partial charge in [-0.1, -0.05) is 29.8 Å². The summed E-state index contributed by atoms with van der Waals surface area (Å²) in [5.41, 5.74) is 3.08. The van der Waals surface area contributed by atoms with E-state index in [0.29, 0.717) is 21.6 Å². The average Bonchev–Trinajstić information content (AvgIpc) is 2.47. The molecular weight excluding hydrogens is 348 g/mol. The number of hydrogen-bond donors (Lipinski definition) is 0. The van der Waals surface area contributed by atoms with Gasteiger partial charge >= 0.3 is 6.61 Å². The fourth-order valence-electron chi connectivity index (χ4n) is 2.85. The van der Waals surface area contributed by atoms with Gasteiger partial charge in [0.2, 0.25) is 10.0 Å². The predicted molar refractivity (Wildman–Crippen MR) is 92.4 cm³/mol. The van der Waals surface area contributed by atoms with E-state index in [-0.39, 0.29) is 12.3 Å². The second kappa shape index (κ2) is 7.49. The highest BCUT2D eigenvalue weighted by Gasteiger charge is 2.25. The molecular formula is C18H21F2NO3S. The van der Waals surface area contributed by atoms with Crippen molar-refractivity contribution in [1.82, 2.24) is 4.31 Å². The van der Waals surface area contributed by atoms with E-state index in [0.717, 1.165) is 5.56 Å². The Morgan fingerprint density at radius 1 is 1.04 bits per heavy atom. The summed E-state index contributed by atoms with van der Waals surface area (Å²) in [4.78, 5) is 0.304. The van der Waals surface area contributed by atoms with E-state index < -0.39 is 16.6 Å². The van der Waals surface area contributed by atoms with Crippen LogP contribution < -0.4 is 4.74 Å². The van der Waals surface area contributed by atoms with Gasteiger partial charge in [-0.2, -0.15) is 13.1 Å². The molecule has 0 aromatic heterocycles. The van der Waals surface area contributed by atoms with Crippen LogP contribution >= 0.6 is 0 Å². The topological polar surface area (TPSA) is 46.6 Å². The maximum atomic E-state index is 12.9. The Morgan fingerprint density at radius 3 is 2.04 bits per heavy atom. The Bertz CT molecular complexity index is 826. The normalized spacial score (nSPS) is 12.0. The minimum atomic E-state index is -3.66. The summed E-state index contributed by atoms with van der Waals surface area (Å²) in [6, 6.07) is 9.60. The third-order valence-electron chi connectivity index (χ3n) is 3.83. The summed E-state index contributed by atoms with van der Waals surface area (Å²) in [5.74, 6) is 0.0366. The Balaban J connectivity index is 2.24. The minimum absolute atomic E-state index is 0.0366. The van der Waals surface area contributed by atoms with Crippen LogP contribution in [0, 0.1) is 20.8 Å². The van der Waals surface area contributed by atoms with E-state index in [1.807, 2.05) is 19.1 Å².